The Morgan fingerprint density at radius 1 is 1.33 bits per heavy atom. The summed E-state index contributed by atoms with van der Waals surface area (Å²) in [5, 5.41) is 9.81. The zero-order valence-electron chi connectivity index (χ0n) is 13.8. The minimum Gasteiger partial charge on any atom is -0.453 e. The molecule has 0 radical (unpaired) electrons. The molecule has 1 aliphatic heterocycles. The lowest BCUT2D eigenvalue weighted by molar-refractivity contribution is 0.102. The van der Waals surface area contributed by atoms with Crippen LogP contribution in [0.4, 0.5) is 10.5 Å². The first-order chi connectivity index (χ1) is 11.5. The number of anilines is 1. The van der Waals surface area contributed by atoms with Crippen LogP contribution in [0.1, 0.15) is 32.9 Å². The van der Waals surface area contributed by atoms with Gasteiger partial charge in [-0.1, -0.05) is 0 Å². The summed E-state index contributed by atoms with van der Waals surface area (Å²) in [5.74, 6) is -0.224. The lowest BCUT2D eigenvalue weighted by Crippen LogP contribution is -2.36. The Morgan fingerprint density at radius 3 is 2.79 bits per heavy atom. The van der Waals surface area contributed by atoms with Crippen molar-refractivity contribution in [2.75, 3.05) is 19.0 Å². The molecule has 0 fully saturated rings. The average molecular weight is 329 g/mol. The number of aryl methyl sites for hydroxylation is 2. The molecule has 3 heterocycles. The molecule has 126 valence electrons. The molecule has 2 N–H and O–H groups in total. The molecule has 0 saturated heterocycles. The van der Waals surface area contributed by atoms with Crippen molar-refractivity contribution >= 4 is 17.7 Å². The second kappa shape index (κ2) is 6.31. The van der Waals surface area contributed by atoms with Gasteiger partial charge in [-0.3, -0.25) is 14.9 Å². The summed E-state index contributed by atoms with van der Waals surface area (Å²) in [6.07, 6.45) is 3.46. The third-order valence-electron chi connectivity index (χ3n) is 4.18. The number of H-pyrrole nitrogens is 1. The molecular formula is C16H19N5O3. The van der Waals surface area contributed by atoms with Crippen LogP contribution in [0.2, 0.25) is 0 Å². The number of fused-ring (bicyclic) bond motifs is 1. The van der Waals surface area contributed by atoms with Crippen molar-refractivity contribution in [3.05, 3.63) is 40.5 Å². The summed E-state index contributed by atoms with van der Waals surface area (Å²) in [5.41, 5.74) is 4.52. The molecule has 8 nitrogen and oxygen atoms in total. The van der Waals surface area contributed by atoms with Gasteiger partial charge in [0.25, 0.3) is 5.91 Å². The number of nitrogens with zero attached hydrogens (tertiary/aromatic N) is 3. The Labute approximate surface area is 139 Å². The Hall–Kier alpha value is -2.90. The average Bonchev–Trinajstić information content (AvgIpc) is 2.91. The minimum absolute atomic E-state index is 0.224. The normalized spacial score (nSPS) is 13.4. The van der Waals surface area contributed by atoms with Gasteiger partial charge in [0.2, 0.25) is 0 Å². The fourth-order valence-corrected chi connectivity index (χ4v) is 2.89. The Balaban J connectivity index is 1.86. The van der Waals surface area contributed by atoms with Gasteiger partial charge >= 0.3 is 6.09 Å². The summed E-state index contributed by atoms with van der Waals surface area (Å²) < 4.78 is 4.76. The largest absolute Gasteiger partial charge is 0.453 e. The van der Waals surface area contributed by atoms with E-state index in [1.54, 1.807) is 17.3 Å². The van der Waals surface area contributed by atoms with E-state index in [1.807, 2.05) is 13.8 Å². The molecule has 24 heavy (non-hydrogen) atoms. The zero-order chi connectivity index (χ0) is 17.3. The molecule has 1 aliphatic rings. The minimum atomic E-state index is -0.375. The summed E-state index contributed by atoms with van der Waals surface area (Å²) in [6, 6.07) is 0. The molecule has 0 aliphatic carbocycles. The first-order valence-electron chi connectivity index (χ1n) is 7.62. The van der Waals surface area contributed by atoms with Gasteiger partial charge < -0.3 is 15.0 Å². The van der Waals surface area contributed by atoms with Crippen LogP contribution in [-0.2, 0) is 17.7 Å². The highest BCUT2D eigenvalue weighted by Crippen LogP contribution is 2.24. The number of carbonyl (C=O) groups excluding carboxylic acids is 2. The molecule has 2 amide bonds. The van der Waals surface area contributed by atoms with Crippen molar-refractivity contribution in [1.29, 1.82) is 0 Å². The van der Waals surface area contributed by atoms with Gasteiger partial charge in [-0.15, -0.1) is 0 Å². The van der Waals surface area contributed by atoms with E-state index in [-0.39, 0.29) is 12.0 Å². The van der Waals surface area contributed by atoms with Crippen LogP contribution in [0, 0.1) is 13.8 Å². The predicted molar refractivity (Wildman–Crippen MR) is 86.8 cm³/mol. The van der Waals surface area contributed by atoms with E-state index in [4.69, 9.17) is 4.74 Å². The monoisotopic (exact) mass is 329 g/mol. The fraction of sp³-hybridized carbons (Fsp3) is 0.375. The van der Waals surface area contributed by atoms with Crippen molar-refractivity contribution in [2.45, 2.75) is 26.8 Å². The van der Waals surface area contributed by atoms with Gasteiger partial charge in [0.15, 0.2) is 0 Å². The van der Waals surface area contributed by atoms with Crippen LogP contribution in [0.3, 0.4) is 0 Å². The van der Waals surface area contributed by atoms with E-state index >= 15 is 0 Å². The SMILES string of the molecule is COC(=O)N1CCc2c(cncc2C(=O)Nc2c(C)n[nH]c2C)C1. The second-order valence-corrected chi connectivity index (χ2v) is 5.73. The maximum Gasteiger partial charge on any atom is 0.409 e. The van der Waals surface area contributed by atoms with E-state index in [9.17, 15) is 9.59 Å². The van der Waals surface area contributed by atoms with Gasteiger partial charge in [-0.25, -0.2) is 4.79 Å². The third-order valence-corrected chi connectivity index (χ3v) is 4.18. The molecule has 0 bridgehead atoms. The van der Waals surface area contributed by atoms with Gasteiger partial charge in [0, 0.05) is 18.9 Å². The van der Waals surface area contributed by atoms with Crippen molar-refractivity contribution in [1.82, 2.24) is 20.1 Å². The van der Waals surface area contributed by atoms with Gasteiger partial charge in [-0.2, -0.15) is 5.10 Å². The van der Waals surface area contributed by atoms with Gasteiger partial charge in [0.1, 0.15) is 0 Å². The van der Waals surface area contributed by atoms with Gasteiger partial charge in [0.05, 0.1) is 36.3 Å². The van der Waals surface area contributed by atoms with E-state index in [1.165, 1.54) is 7.11 Å². The zero-order valence-corrected chi connectivity index (χ0v) is 13.8. The predicted octanol–water partition coefficient (Wildman–Crippen LogP) is 1.80. The number of carbonyl (C=O) groups is 2. The maximum atomic E-state index is 12.7. The maximum absolute atomic E-state index is 12.7. The van der Waals surface area contributed by atoms with Crippen LogP contribution in [0.5, 0.6) is 0 Å². The number of hydrogen-bond donors (Lipinski definition) is 2. The first kappa shape index (κ1) is 16.0. The number of amides is 2. The van der Waals surface area contributed by atoms with Crippen LogP contribution in [-0.4, -0.2) is 45.7 Å². The van der Waals surface area contributed by atoms with E-state index in [2.05, 4.69) is 20.5 Å². The number of aromatic nitrogens is 3. The highest BCUT2D eigenvalue weighted by atomic mass is 16.5. The molecule has 0 unspecified atom stereocenters. The molecule has 0 aromatic carbocycles. The molecule has 2 aromatic rings. The lowest BCUT2D eigenvalue weighted by Gasteiger charge is -2.28. The Morgan fingerprint density at radius 2 is 2.12 bits per heavy atom. The summed E-state index contributed by atoms with van der Waals surface area (Å²) in [6.45, 7) is 4.57. The van der Waals surface area contributed by atoms with Crippen LogP contribution < -0.4 is 5.32 Å². The molecule has 0 spiro atoms. The topological polar surface area (TPSA) is 100 Å². The molecule has 2 aromatic heterocycles. The molecule has 3 rings (SSSR count). The van der Waals surface area contributed by atoms with Crippen LogP contribution in [0.25, 0.3) is 0 Å². The molecule has 0 atom stereocenters. The van der Waals surface area contributed by atoms with Gasteiger partial charge in [-0.05, 0) is 31.4 Å². The molecule has 0 saturated carbocycles. The summed E-state index contributed by atoms with van der Waals surface area (Å²) in [4.78, 5) is 30.1. The number of pyridine rings is 1. The number of methoxy groups -OCH3 is 1. The van der Waals surface area contributed by atoms with Crippen LogP contribution in [0.15, 0.2) is 12.4 Å². The van der Waals surface area contributed by atoms with E-state index in [0.717, 1.165) is 22.5 Å². The molecule has 8 heteroatoms. The quantitative estimate of drug-likeness (QED) is 0.875. The highest BCUT2D eigenvalue weighted by molar-refractivity contribution is 6.05. The van der Waals surface area contributed by atoms with Crippen molar-refractivity contribution in [3.63, 3.8) is 0 Å². The highest BCUT2D eigenvalue weighted by Gasteiger charge is 2.25. The third kappa shape index (κ3) is 2.82. The second-order valence-electron chi connectivity index (χ2n) is 5.73. The molecular weight excluding hydrogens is 310 g/mol. The lowest BCUT2D eigenvalue weighted by atomic mass is 9.97. The Bertz CT molecular complexity index is 780. The van der Waals surface area contributed by atoms with Crippen molar-refractivity contribution < 1.29 is 14.3 Å². The van der Waals surface area contributed by atoms with Crippen LogP contribution >= 0.6 is 0 Å². The number of nitrogens with one attached hydrogen (secondary N) is 2. The Kier molecular flexibility index (Phi) is 4.20. The van der Waals surface area contributed by atoms with E-state index in [0.29, 0.717) is 30.8 Å². The summed E-state index contributed by atoms with van der Waals surface area (Å²) >= 11 is 0. The number of hydrogen-bond acceptors (Lipinski definition) is 5. The van der Waals surface area contributed by atoms with Crippen molar-refractivity contribution in [3.8, 4) is 0 Å². The summed E-state index contributed by atoms with van der Waals surface area (Å²) in [7, 11) is 1.36. The van der Waals surface area contributed by atoms with Crippen molar-refractivity contribution in [2.24, 2.45) is 0 Å². The number of aromatic amines is 1. The van der Waals surface area contributed by atoms with E-state index < -0.39 is 0 Å². The first-order valence-corrected chi connectivity index (χ1v) is 7.62. The number of rotatable bonds is 2. The number of ether oxygens (including phenoxy) is 1. The standard InChI is InChI=1S/C16H19N5O3/c1-9-14(10(2)20-19-9)18-15(22)13-7-17-6-11-8-21(16(23)24-3)5-4-12(11)13/h6-7H,4-5,8H2,1-3H3,(H,18,22)(H,19,20). The fourth-order valence-electron chi connectivity index (χ4n) is 2.89. The smallest absolute Gasteiger partial charge is 0.409 e.